The minimum Gasteiger partial charge on any atom is -0.371 e. The Balaban J connectivity index is 2.21. The van der Waals surface area contributed by atoms with Gasteiger partial charge in [-0.1, -0.05) is 87.4 Å². The Labute approximate surface area is 141 Å². The van der Waals surface area contributed by atoms with Gasteiger partial charge in [-0.15, -0.1) is 0 Å². The SMILES string of the molecule is CCCCN(CCCC)c1ccccc1C=Cc1ccccc1. The fourth-order valence-electron chi connectivity index (χ4n) is 2.72. The van der Waals surface area contributed by atoms with Crippen LogP contribution < -0.4 is 4.90 Å². The standard InChI is InChI=1S/C22H29N/c1-3-5-18-23(19-6-4-2)22-15-11-10-14-21(22)17-16-20-12-8-7-9-13-20/h7-17H,3-6,18-19H2,1-2H3. The summed E-state index contributed by atoms with van der Waals surface area (Å²) in [6.07, 6.45) is 9.43. The monoisotopic (exact) mass is 307 g/mol. The summed E-state index contributed by atoms with van der Waals surface area (Å²) < 4.78 is 0. The summed E-state index contributed by atoms with van der Waals surface area (Å²) in [5.41, 5.74) is 3.92. The van der Waals surface area contributed by atoms with E-state index >= 15 is 0 Å². The number of rotatable bonds is 9. The largest absolute Gasteiger partial charge is 0.371 e. The van der Waals surface area contributed by atoms with Crippen molar-refractivity contribution >= 4 is 17.8 Å². The van der Waals surface area contributed by atoms with E-state index in [0.717, 1.165) is 13.1 Å². The van der Waals surface area contributed by atoms with Crippen molar-refractivity contribution < 1.29 is 0 Å². The van der Waals surface area contributed by atoms with Crippen molar-refractivity contribution in [3.8, 4) is 0 Å². The number of anilines is 1. The first-order chi connectivity index (χ1) is 11.3. The Morgan fingerprint density at radius 1 is 0.739 bits per heavy atom. The molecule has 122 valence electrons. The second-order valence-electron chi connectivity index (χ2n) is 6.00. The zero-order valence-corrected chi connectivity index (χ0v) is 14.5. The van der Waals surface area contributed by atoms with Crippen molar-refractivity contribution in [3.05, 3.63) is 65.7 Å². The van der Waals surface area contributed by atoms with E-state index in [-0.39, 0.29) is 0 Å². The van der Waals surface area contributed by atoms with Crippen LogP contribution in [0.15, 0.2) is 54.6 Å². The van der Waals surface area contributed by atoms with Gasteiger partial charge in [-0.3, -0.25) is 0 Å². The molecule has 1 nitrogen and oxygen atoms in total. The van der Waals surface area contributed by atoms with Crippen LogP contribution in [0, 0.1) is 0 Å². The van der Waals surface area contributed by atoms with Crippen molar-refractivity contribution in [2.24, 2.45) is 0 Å². The van der Waals surface area contributed by atoms with Gasteiger partial charge in [0.1, 0.15) is 0 Å². The molecule has 1 heteroatoms. The summed E-state index contributed by atoms with van der Waals surface area (Å²) in [5.74, 6) is 0. The number of nitrogens with zero attached hydrogens (tertiary/aromatic N) is 1. The smallest absolute Gasteiger partial charge is 0.0439 e. The summed E-state index contributed by atoms with van der Waals surface area (Å²) in [7, 11) is 0. The van der Waals surface area contributed by atoms with Gasteiger partial charge in [0.2, 0.25) is 0 Å². The van der Waals surface area contributed by atoms with Gasteiger partial charge < -0.3 is 4.90 Å². The highest BCUT2D eigenvalue weighted by atomic mass is 15.1. The summed E-state index contributed by atoms with van der Waals surface area (Å²) in [5, 5.41) is 0. The lowest BCUT2D eigenvalue weighted by Crippen LogP contribution is -2.26. The molecule has 2 aromatic rings. The molecular weight excluding hydrogens is 278 g/mol. The fraction of sp³-hybridized carbons (Fsp3) is 0.364. The molecule has 0 atom stereocenters. The molecule has 0 saturated heterocycles. The summed E-state index contributed by atoms with van der Waals surface area (Å²) in [4.78, 5) is 2.55. The molecule has 0 heterocycles. The van der Waals surface area contributed by atoms with Gasteiger partial charge >= 0.3 is 0 Å². The molecule has 0 amide bonds. The molecule has 2 aromatic carbocycles. The molecule has 0 bridgehead atoms. The van der Waals surface area contributed by atoms with E-state index in [4.69, 9.17) is 0 Å². The maximum atomic E-state index is 2.55. The van der Waals surface area contributed by atoms with E-state index in [2.05, 4.69) is 85.5 Å². The number of hydrogen-bond donors (Lipinski definition) is 0. The Hall–Kier alpha value is -2.02. The van der Waals surface area contributed by atoms with Crippen LogP contribution in [0.4, 0.5) is 5.69 Å². The van der Waals surface area contributed by atoms with Crippen molar-refractivity contribution in [1.82, 2.24) is 0 Å². The molecule has 2 rings (SSSR count). The maximum Gasteiger partial charge on any atom is 0.0439 e. The summed E-state index contributed by atoms with van der Waals surface area (Å²) >= 11 is 0. The van der Waals surface area contributed by atoms with Gasteiger partial charge in [0.05, 0.1) is 0 Å². The van der Waals surface area contributed by atoms with Crippen molar-refractivity contribution in [2.75, 3.05) is 18.0 Å². The first-order valence-electron chi connectivity index (χ1n) is 8.92. The predicted molar refractivity (Wildman–Crippen MR) is 104 cm³/mol. The lowest BCUT2D eigenvalue weighted by molar-refractivity contribution is 0.677. The van der Waals surface area contributed by atoms with E-state index in [1.54, 1.807) is 0 Å². The first kappa shape index (κ1) is 17.3. The van der Waals surface area contributed by atoms with E-state index < -0.39 is 0 Å². The van der Waals surface area contributed by atoms with Gasteiger partial charge in [-0.25, -0.2) is 0 Å². The van der Waals surface area contributed by atoms with Crippen LogP contribution in [0.3, 0.4) is 0 Å². The second kappa shape index (κ2) is 9.89. The second-order valence-corrected chi connectivity index (χ2v) is 6.00. The number of hydrogen-bond acceptors (Lipinski definition) is 1. The van der Waals surface area contributed by atoms with E-state index in [1.807, 2.05) is 0 Å². The highest BCUT2D eigenvalue weighted by Gasteiger charge is 2.08. The molecule has 0 spiro atoms. The van der Waals surface area contributed by atoms with Crippen LogP contribution in [-0.4, -0.2) is 13.1 Å². The van der Waals surface area contributed by atoms with Gasteiger partial charge in [-0.05, 0) is 30.0 Å². The Morgan fingerprint density at radius 3 is 2.00 bits per heavy atom. The van der Waals surface area contributed by atoms with Crippen molar-refractivity contribution in [3.63, 3.8) is 0 Å². The van der Waals surface area contributed by atoms with Gasteiger partial charge in [0.25, 0.3) is 0 Å². The molecular formula is C22H29N. The predicted octanol–water partition coefficient (Wildman–Crippen LogP) is 6.26. The van der Waals surface area contributed by atoms with Crippen LogP contribution in [0.25, 0.3) is 12.2 Å². The van der Waals surface area contributed by atoms with E-state index in [0.29, 0.717) is 0 Å². The third-order valence-corrected chi connectivity index (χ3v) is 4.10. The Bertz CT molecular complexity index is 578. The van der Waals surface area contributed by atoms with Crippen LogP contribution >= 0.6 is 0 Å². The molecule has 0 aromatic heterocycles. The van der Waals surface area contributed by atoms with E-state index in [1.165, 1.54) is 42.5 Å². The minimum atomic E-state index is 1.15. The molecule has 0 aliphatic rings. The third-order valence-electron chi connectivity index (χ3n) is 4.10. The van der Waals surface area contributed by atoms with Crippen LogP contribution in [0.2, 0.25) is 0 Å². The molecule has 0 saturated carbocycles. The van der Waals surface area contributed by atoms with Gasteiger partial charge in [-0.2, -0.15) is 0 Å². The Morgan fingerprint density at radius 2 is 1.35 bits per heavy atom. The van der Waals surface area contributed by atoms with Crippen LogP contribution in [0.5, 0.6) is 0 Å². The quantitative estimate of drug-likeness (QED) is 0.494. The molecule has 0 radical (unpaired) electrons. The minimum absolute atomic E-state index is 1.15. The zero-order chi connectivity index (χ0) is 16.3. The number of para-hydroxylation sites is 1. The number of unbranched alkanes of at least 4 members (excludes halogenated alkanes) is 2. The van der Waals surface area contributed by atoms with Crippen molar-refractivity contribution in [1.29, 1.82) is 0 Å². The maximum absolute atomic E-state index is 2.55. The zero-order valence-electron chi connectivity index (χ0n) is 14.5. The molecule has 0 aliphatic heterocycles. The average Bonchev–Trinajstić information content (AvgIpc) is 2.61. The normalized spacial score (nSPS) is 11.0. The molecule has 0 N–H and O–H groups in total. The molecule has 0 fully saturated rings. The first-order valence-corrected chi connectivity index (χ1v) is 8.92. The highest BCUT2D eigenvalue weighted by Crippen LogP contribution is 2.23. The van der Waals surface area contributed by atoms with Crippen molar-refractivity contribution in [2.45, 2.75) is 39.5 Å². The van der Waals surface area contributed by atoms with E-state index in [9.17, 15) is 0 Å². The topological polar surface area (TPSA) is 3.24 Å². The van der Waals surface area contributed by atoms with Gasteiger partial charge in [0.15, 0.2) is 0 Å². The Kier molecular flexibility index (Phi) is 7.45. The summed E-state index contributed by atoms with van der Waals surface area (Å²) in [6.45, 7) is 6.82. The molecule has 0 unspecified atom stereocenters. The van der Waals surface area contributed by atoms with Crippen LogP contribution in [0.1, 0.15) is 50.7 Å². The lowest BCUT2D eigenvalue weighted by atomic mass is 10.1. The average molecular weight is 307 g/mol. The molecule has 23 heavy (non-hydrogen) atoms. The fourth-order valence-corrected chi connectivity index (χ4v) is 2.72. The van der Waals surface area contributed by atoms with Gasteiger partial charge in [0, 0.05) is 18.8 Å². The summed E-state index contributed by atoms with van der Waals surface area (Å²) in [6, 6.07) is 19.3. The lowest BCUT2D eigenvalue weighted by Gasteiger charge is -2.26. The highest BCUT2D eigenvalue weighted by molar-refractivity contribution is 5.77. The molecule has 0 aliphatic carbocycles. The van der Waals surface area contributed by atoms with Crippen LogP contribution in [-0.2, 0) is 0 Å². The third kappa shape index (κ3) is 5.59. The number of benzene rings is 2.